The van der Waals surface area contributed by atoms with Gasteiger partial charge in [-0.2, -0.15) is 0 Å². The number of nitrogens with zero attached hydrogens (tertiary/aromatic N) is 1. The lowest BCUT2D eigenvalue weighted by Crippen LogP contribution is -2.33. The summed E-state index contributed by atoms with van der Waals surface area (Å²) in [7, 11) is 0. The molecule has 1 aromatic rings. The number of hydrogen-bond donors (Lipinski definition) is 2. The van der Waals surface area contributed by atoms with Gasteiger partial charge in [0, 0.05) is 12.6 Å². The molecule has 0 spiro atoms. The summed E-state index contributed by atoms with van der Waals surface area (Å²) in [5.74, 6) is -1.77. The van der Waals surface area contributed by atoms with Gasteiger partial charge in [0.1, 0.15) is 11.9 Å². The van der Waals surface area contributed by atoms with Crippen LogP contribution in [0.4, 0.5) is 10.1 Å². The third-order valence-electron chi connectivity index (χ3n) is 2.14. The van der Waals surface area contributed by atoms with E-state index in [4.69, 9.17) is 5.11 Å². The number of halogens is 1. The van der Waals surface area contributed by atoms with Crippen LogP contribution in [0.1, 0.15) is 12.5 Å². The lowest BCUT2D eigenvalue weighted by Gasteiger charge is -2.08. The molecule has 2 N–H and O–H groups in total. The predicted molar refractivity (Wildman–Crippen MR) is 57.0 cm³/mol. The van der Waals surface area contributed by atoms with Gasteiger partial charge in [0.25, 0.3) is 5.69 Å². The highest BCUT2D eigenvalue weighted by Gasteiger charge is 2.12. The Hall–Kier alpha value is -2.02. The fourth-order valence-electron chi connectivity index (χ4n) is 1.20. The number of aliphatic carboxylic acids is 1. The van der Waals surface area contributed by atoms with E-state index in [-0.39, 0.29) is 12.2 Å². The van der Waals surface area contributed by atoms with Crippen LogP contribution in [0.2, 0.25) is 0 Å². The third kappa shape index (κ3) is 3.80. The van der Waals surface area contributed by atoms with Gasteiger partial charge in [-0.1, -0.05) is 0 Å². The Morgan fingerprint density at radius 2 is 2.24 bits per heavy atom. The molecule has 17 heavy (non-hydrogen) atoms. The van der Waals surface area contributed by atoms with E-state index in [0.717, 1.165) is 12.1 Å². The minimum Gasteiger partial charge on any atom is -0.480 e. The molecular weight excluding hydrogens is 231 g/mol. The lowest BCUT2D eigenvalue weighted by atomic mass is 10.2. The van der Waals surface area contributed by atoms with Gasteiger partial charge in [0.15, 0.2) is 0 Å². The van der Waals surface area contributed by atoms with Crippen LogP contribution in [0.3, 0.4) is 0 Å². The van der Waals surface area contributed by atoms with Crippen LogP contribution in [-0.2, 0) is 11.3 Å². The zero-order valence-corrected chi connectivity index (χ0v) is 9.01. The van der Waals surface area contributed by atoms with Crippen LogP contribution in [0.15, 0.2) is 18.2 Å². The second-order valence-electron chi connectivity index (χ2n) is 3.52. The van der Waals surface area contributed by atoms with Crippen LogP contribution in [0.5, 0.6) is 0 Å². The summed E-state index contributed by atoms with van der Waals surface area (Å²) >= 11 is 0. The van der Waals surface area contributed by atoms with Crippen LogP contribution < -0.4 is 5.32 Å². The van der Waals surface area contributed by atoms with Crippen molar-refractivity contribution in [1.82, 2.24) is 5.32 Å². The Labute approximate surface area is 96.2 Å². The summed E-state index contributed by atoms with van der Waals surface area (Å²) in [6, 6.07) is 2.32. The van der Waals surface area contributed by atoms with Crippen molar-refractivity contribution in [2.75, 3.05) is 0 Å². The van der Waals surface area contributed by atoms with Gasteiger partial charge < -0.3 is 10.4 Å². The number of carboxylic acids is 1. The highest BCUT2D eigenvalue weighted by Crippen LogP contribution is 2.16. The van der Waals surface area contributed by atoms with Crippen molar-refractivity contribution < 1.29 is 19.2 Å². The lowest BCUT2D eigenvalue weighted by molar-refractivity contribution is -0.385. The Morgan fingerprint density at radius 3 is 2.76 bits per heavy atom. The summed E-state index contributed by atoms with van der Waals surface area (Å²) < 4.78 is 13.0. The minimum absolute atomic E-state index is 0.0477. The van der Waals surface area contributed by atoms with Gasteiger partial charge in [-0.3, -0.25) is 14.9 Å². The maximum Gasteiger partial charge on any atom is 0.320 e. The molecule has 0 heterocycles. The molecular formula is C10H11FN2O4. The zero-order chi connectivity index (χ0) is 13.0. The first-order chi connectivity index (χ1) is 7.90. The van der Waals surface area contributed by atoms with Crippen molar-refractivity contribution in [1.29, 1.82) is 0 Å². The Kier molecular flexibility index (Phi) is 4.11. The number of hydrogen-bond acceptors (Lipinski definition) is 4. The highest BCUT2D eigenvalue weighted by atomic mass is 19.1. The molecule has 0 aliphatic carbocycles. The van der Waals surface area contributed by atoms with Gasteiger partial charge in [0.2, 0.25) is 0 Å². The molecule has 0 bridgehead atoms. The number of non-ortho nitro benzene ring substituents is 1. The predicted octanol–water partition coefficient (Wildman–Crippen LogP) is 1.30. The fourth-order valence-corrected chi connectivity index (χ4v) is 1.20. The van der Waals surface area contributed by atoms with E-state index in [1.165, 1.54) is 13.0 Å². The number of nitro groups is 1. The molecule has 7 heteroatoms. The van der Waals surface area contributed by atoms with Crippen molar-refractivity contribution >= 4 is 11.7 Å². The van der Waals surface area contributed by atoms with Crippen molar-refractivity contribution in [2.24, 2.45) is 0 Å². The average Bonchev–Trinajstić information content (AvgIpc) is 2.24. The van der Waals surface area contributed by atoms with E-state index in [1.807, 2.05) is 0 Å². The van der Waals surface area contributed by atoms with Crippen molar-refractivity contribution in [3.63, 3.8) is 0 Å². The molecule has 1 aromatic carbocycles. The first-order valence-corrected chi connectivity index (χ1v) is 4.80. The number of carbonyl (C=O) groups is 1. The number of nitro benzene ring substituents is 1. The molecule has 6 nitrogen and oxygen atoms in total. The van der Waals surface area contributed by atoms with Gasteiger partial charge in [-0.05, 0) is 18.6 Å². The first kappa shape index (κ1) is 13.0. The number of carboxylic acid groups (broad SMARTS) is 1. The molecule has 0 aromatic heterocycles. The molecule has 92 valence electrons. The Morgan fingerprint density at radius 1 is 1.59 bits per heavy atom. The number of benzene rings is 1. The SMILES string of the molecule is C[C@H](NCc1cc(F)cc([N+](=O)[O-])c1)C(=O)O. The van der Waals surface area contributed by atoms with Crippen LogP contribution in [0.25, 0.3) is 0 Å². The molecule has 0 amide bonds. The van der Waals surface area contributed by atoms with Crippen LogP contribution in [0, 0.1) is 15.9 Å². The van der Waals surface area contributed by atoms with Gasteiger partial charge in [-0.15, -0.1) is 0 Å². The molecule has 0 aliphatic heterocycles. The summed E-state index contributed by atoms with van der Waals surface area (Å²) in [6.45, 7) is 1.47. The van der Waals surface area contributed by atoms with E-state index < -0.39 is 22.8 Å². The second-order valence-corrected chi connectivity index (χ2v) is 3.52. The molecule has 0 saturated heterocycles. The summed E-state index contributed by atoms with van der Waals surface area (Å²) in [6.07, 6.45) is 0. The van der Waals surface area contributed by atoms with Gasteiger partial charge in [-0.25, -0.2) is 4.39 Å². The van der Waals surface area contributed by atoms with E-state index in [1.54, 1.807) is 0 Å². The maximum absolute atomic E-state index is 13.0. The van der Waals surface area contributed by atoms with Crippen molar-refractivity contribution in [3.05, 3.63) is 39.7 Å². The maximum atomic E-state index is 13.0. The fraction of sp³-hybridized carbons (Fsp3) is 0.300. The summed E-state index contributed by atoms with van der Waals surface area (Å²) in [4.78, 5) is 20.3. The normalized spacial score (nSPS) is 12.1. The van der Waals surface area contributed by atoms with Crippen LogP contribution >= 0.6 is 0 Å². The van der Waals surface area contributed by atoms with Crippen molar-refractivity contribution in [3.8, 4) is 0 Å². The number of nitrogens with one attached hydrogen (secondary N) is 1. The van der Waals surface area contributed by atoms with Crippen molar-refractivity contribution in [2.45, 2.75) is 19.5 Å². The second kappa shape index (κ2) is 5.35. The minimum atomic E-state index is -1.05. The van der Waals surface area contributed by atoms with Gasteiger partial charge >= 0.3 is 5.97 Å². The molecule has 1 rings (SSSR count). The van der Waals surface area contributed by atoms with Crippen LogP contribution in [-0.4, -0.2) is 22.0 Å². The summed E-state index contributed by atoms with van der Waals surface area (Å²) in [5, 5.41) is 21.7. The molecule has 0 fully saturated rings. The molecule has 0 radical (unpaired) electrons. The Bertz CT molecular complexity index is 450. The quantitative estimate of drug-likeness (QED) is 0.599. The molecule has 0 aliphatic rings. The van der Waals surface area contributed by atoms with E-state index >= 15 is 0 Å². The van der Waals surface area contributed by atoms with E-state index in [2.05, 4.69) is 5.32 Å². The largest absolute Gasteiger partial charge is 0.480 e. The standard InChI is InChI=1S/C10H11FN2O4/c1-6(10(14)15)12-5-7-2-8(11)4-9(3-7)13(16)17/h2-4,6,12H,5H2,1H3,(H,14,15)/t6-/m0/s1. The topological polar surface area (TPSA) is 92.5 Å². The molecule has 1 atom stereocenters. The zero-order valence-electron chi connectivity index (χ0n) is 9.01. The average molecular weight is 242 g/mol. The molecule has 0 unspecified atom stereocenters. The highest BCUT2D eigenvalue weighted by molar-refractivity contribution is 5.72. The third-order valence-corrected chi connectivity index (χ3v) is 2.14. The summed E-state index contributed by atoms with van der Waals surface area (Å²) in [5.41, 5.74) is -0.0328. The number of rotatable bonds is 5. The Balaban J connectivity index is 2.78. The first-order valence-electron chi connectivity index (χ1n) is 4.80. The molecule has 0 saturated carbocycles. The van der Waals surface area contributed by atoms with Gasteiger partial charge in [0.05, 0.1) is 11.0 Å². The monoisotopic (exact) mass is 242 g/mol. The van der Waals surface area contributed by atoms with E-state index in [9.17, 15) is 19.3 Å². The van der Waals surface area contributed by atoms with E-state index in [0.29, 0.717) is 5.56 Å². The smallest absolute Gasteiger partial charge is 0.320 e.